The summed E-state index contributed by atoms with van der Waals surface area (Å²) in [6.45, 7) is 3.87. The maximum Gasteiger partial charge on any atom is 0.274 e. The number of rotatable bonds is 4. The Morgan fingerprint density at radius 3 is 3.05 bits per heavy atom. The number of hydrogen-bond donors (Lipinski definition) is 2. The quantitative estimate of drug-likeness (QED) is 0.885. The summed E-state index contributed by atoms with van der Waals surface area (Å²) in [4.78, 5) is 16.4. The van der Waals surface area contributed by atoms with Crippen molar-refractivity contribution in [1.82, 2.24) is 30.6 Å². The van der Waals surface area contributed by atoms with Crippen LogP contribution in [-0.2, 0) is 0 Å². The molecule has 0 saturated carbocycles. The third-order valence-electron chi connectivity index (χ3n) is 3.60. The van der Waals surface area contributed by atoms with E-state index in [1.807, 2.05) is 17.0 Å². The molecule has 3 heterocycles. The van der Waals surface area contributed by atoms with Crippen LogP contribution in [0.15, 0.2) is 17.8 Å². The van der Waals surface area contributed by atoms with Gasteiger partial charge in [-0.1, -0.05) is 5.21 Å². The van der Waals surface area contributed by atoms with E-state index < -0.39 is 0 Å². The average Bonchev–Trinajstić information content (AvgIpc) is 3.20. The summed E-state index contributed by atoms with van der Waals surface area (Å²) in [6, 6.07) is 0.207. The monoisotopic (exact) mass is 306 g/mol. The summed E-state index contributed by atoms with van der Waals surface area (Å²) in [5, 5.41) is 17.1. The minimum absolute atomic E-state index is 0.124. The Balaban J connectivity index is 1.63. The highest BCUT2D eigenvalue weighted by atomic mass is 32.1. The summed E-state index contributed by atoms with van der Waals surface area (Å²) in [6.07, 6.45) is 5.50. The number of nitrogens with one attached hydrogen (secondary N) is 2. The zero-order valence-corrected chi connectivity index (χ0v) is 12.6. The molecule has 1 unspecified atom stereocenters. The summed E-state index contributed by atoms with van der Waals surface area (Å²) in [5.41, 5.74) is 0.358. The van der Waals surface area contributed by atoms with Crippen LogP contribution in [0.3, 0.4) is 0 Å². The maximum absolute atomic E-state index is 12.2. The molecule has 2 aromatic heterocycles. The van der Waals surface area contributed by atoms with Crippen molar-refractivity contribution in [3.8, 4) is 0 Å². The number of nitrogens with zero attached hydrogens (tertiary/aromatic N) is 4. The van der Waals surface area contributed by atoms with Gasteiger partial charge in [-0.3, -0.25) is 4.79 Å². The van der Waals surface area contributed by atoms with Crippen LogP contribution in [0.2, 0.25) is 0 Å². The van der Waals surface area contributed by atoms with Gasteiger partial charge in [-0.05, 0) is 32.9 Å². The van der Waals surface area contributed by atoms with E-state index in [-0.39, 0.29) is 11.9 Å². The molecule has 1 amide bonds. The summed E-state index contributed by atoms with van der Waals surface area (Å²) < 4.78 is 1.81. The first-order chi connectivity index (χ1) is 10.2. The molecule has 3 rings (SSSR count). The second-order valence-electron chi connectivity index (χ2n) is 5.13. The van der Waals surface area contributed by atoms with E-state index in [0.717, 1.165) is 30.9 Å². The van der Waals surface area contributed by atoms with Gasteiger partial charge in [-0.25, -0.2) is 9.67 Å². The SMILES string of the molecule is CC(NC(=O)c1cn(C2CCNCC2)nn1)c1nccs1. The fraction of sp³-hybridized carbons (Fsp3) is 0.538. The largest absolute Gasteiger partial charge is 0.342 e. The van der Waals surface area contributed by atoms with Gasteiger partial charge in [0.25, 0.3) is 5.91 Å². The number of piperidine rings is 1. The molecule has 2 aromatic rings. The molecule has 0 spiro atoms. The lowest BCUT2D eigenvalue weighted by Gasteiger charge is -2.22. The molecule has 0 bridgehead atoms. The second kappa shape index (κ2) is 6.31. The van der Waals surface area contributed by atoms with Crippen LogP contribution in [0.1, 0.15) is 47.3 Å². The maximum atomic E-state index is 12.2. The van der Waals surface area contributed by atoms with Crippen molar-refractivity contribution in [3.05, 3.63) is 28.5 Å². The number of thiazole rings is 1. The Kier molecular flexibility index (Phi) is 4.26. The predicted molar refractivity (Wildman–Crippen MR) is 79.2 cm³/mol. The molecule has 1 atom stereocenters. The summed E-state index contributed by atoms with van der Waals surface area (Å²) in [5.74, 6) is -0.210. The van der Waals surface area contributed by atoms with Gasteiger partial charge >= 0.3 is 0 Å². The van der Waals surface area contributed by atoms with Crippen molar-refractivity contribution >= 4 is 17.2 Å². The lowest BCUT2D eigenvalue weighted by Crippen LogP contribution is -2.29. The first-order valence-electron chi connectivity index (χ1n) is 7.07. The van der Waals surface area contributed by atoms with E-state index in [9.17, 15) is 4.79 Å². The van der Waals surface area contributed by atoms with Crippen LogP contribution in [0.25, 0.3) is 0 Å². The minimum Gasteiger partial charge on any atom is -0.342 e. The Morgan fingerprint density at radius 2 is 2.33 bits per heavy atom. The standard InChI is InChI=1S/C13H18N6OS/c1-9(13-15-6-7-21-13)16-12(20)11-8-19(18-17-11)10-2-4-14-5-3-10/h6-10,14H,2-5H2,1H3,(H,16,20). The molecule has 1 saturated heterocycles. The molecule has 0 aromatic carbocycles. The van der Waals surface area contributed by atoms with Crippen LogP contribution in [0.5, 0.6) is 0 Å². The van der Waals surface area contributed by atoms with Crippen LogP contribution in [-0.4, -0.2) is 39.0 Å². The smallest absolute Gasteiger partial charge is 0.274 e. The Hall–Kier alpha value is -1.80. The first-order valence-corrected chi connectivity index (χ1v) is 7.95. The van der Waals surface area contributed by atoms with E-state index in [0.29, 0.717) is 11.7 Å². The number of carbonyl (C=O) groups is 1. The number of carbonyl (C=O) groups excluding carboxylic acids is 1. The van der Waals surface area contributed by atoms with E-state index in [1.54, 1.807) is 12.4 Å². The zero-order valence-electron chi connectivity index (χ0n) is 11.8. The molecule has 1 aliphatic rings. The topological polar surface area (TPSA) is 84.7 Å². The normalized spacial score (nSPS) is 17.6. The minimum atomic E-state index is -0.210. The van der Waals surface area contributed by atoms with E-state index in [4.69, 9.17) is 0 Å². The van der Waals surface area contributed by atoms with Crippen LogP contribution >= 0.6 is 11.3 Å². The molecule has 8 heteroatoms. The molecule has 7 nitrogen and oxygen atoms in total. The highest BCUT2D eigenvalue weighted by Gasteiger charge is 2.20. The van der Waals surface area contributed by atoms with E-state index in [2.05, 4.69) is 25.9 Å². The molecule has 0 radical (unpaired) electrons. The van der Waals surface area contributed by atoms with Crippen molar-refractivity contribution in [2.45, 2.75) is 31.8 Å². The van der Waals surface area contributed by atoms with Crippen molar-refractivity contribution < 1.29 is 4.79 Å². The van der Waals surface area contributed by atoms with Gasteiger partial charge < -0.3 is 10.6 Å². The Morgan fingerprint density at radius 1 is 1.52 bits per heavy atom. The van der Waals surface area contributed by atoms with Crippen molar-refractivity contribution in [1.29, 1.82) is 0 Å². The van der Waals surface area contributed by atoms with Crippen molar-refractivity contribution in [3.63, 3.8) is 0 Å². The van der Waals surface area contributed by atoms with Crippen LogP contribution < -0.4 is 10.6 Å². The first kappa shape index (κ1) is 14.2. The van der Waals surface area contributed by atoms with Gasteiger partial charge in [0, 0.05) is 11.6 Å². The van der Waals surface area contributed by atoms with Gasteiger partial charge in [0.2, 0.25) is 0 Å². The third-order valence-corrected chi connectivity index (χ3v) is 4.55. The van der Waals surface area contributed by atoms with Gasteiger partial charge in [0.1, 0.15) is 5.01 Å². The molecule has 1 aliphatic heterocycles. The molecule has 0 aliphatic carbocycles. The molecule has 1 fully saturated rings. The van der Waals surface area contributed by atoms with E-state index in [1.165, 1.54) is 11.3 Å². The predicted octanol–water partition coefficient (Wildman–Crippen LogP) is 1.15. The fourth-order valence-corrected chi connectivity index (χ4v) is 3.06. The molecular weight excluding hydrogens is 288 g/mol. The van der Waals surface area contributed by atoms with Gasteiger partial charge in [-0.15, -0.1) is 16.4 Å². The summed E-state index contributed by atoms with van der Waals surface area (Å²) in [7, 11) is 0. The second-order valence-corrected chi connectivity index (χ2v) is 6.06. The van der Waals surface area contributed by atoms with E-state index >= 15 is 0 Å². The average molecular weight is 306 g/mol. The summed E-state index contributed by atoms with van der Waals surface area (Å²) >= 11 is 1.52. The highest BCUT2D eigenvalue weighted by Crippen LogP contribution is 2.18. The molecular formula is C13H18N6OS. The van der Waals surface area contributed by atoms with Gasteiger partial charge in [0.15, 0.2) is 5.69 Å². The Labute approximate surface area is 126 Å². The highest BCUT2D eigenvalue weighted by molar-refractivity contribution is 7.09. The molecule has 21 heavy (non-hydrogen) atoms. The fourth-order valence-electron chi connectivity index (χ4n) is 2.41. The van der Waals surface area contributed by atoms with Crippen molar-refractivity contribution in [2.24, 2.45) is 0 Å². The lowest BCUT2D eigenvalue weighted by atomic mass is 10.1. The van der Waals surface area contributed by atoms with Crippen LogP contribution in [0.4, 0.5) is 0 Å². The van der Waals surface area contributed by atoms with Gasteiger partial charge in [-0.2, -0.15) is 0 Å². The lowest BCUT2D eigenvalue weighted by molar-refractivity contribution is 0.0934. The Bertz CT molecular complexity index is 590. The number of amides is 1. The third kappa shape index (κ3) is 3.27. The molecule has 2 N–H and O–H groups in total. The number of hydrogen-bond acceptors (Lipinski definition) is 6. The molecule has 112 valence electrons. The van der Waals surface area contributed by atoms with Crippen molar-refractivity contribution in [2.75, 3.05) is 13.1 Å². The number of aromatic nitrogens is 4. The van der Waals surface area contributed by atoms with Crippen LogP contribution in [0, 0.1) is 0 Å². The van der Waals surface area contributed by atoms with Gasteiger partial charge in [0.05, 0.1) is 18.3 Å². The zero-order chi connectivity index (χ0) is 14.7.